The Morgan fingerprint density at radius 2 is 2.11 bits per heavy atom. The van der Waals surface area contributed by atoms with E-state index in [1.165, 1.54) is 11.8 Å². The van der Waals surface area contributed by atoms with Gasteiger partial charge < -0.3 is 5.11 Å². The second-order valence-electron chi connectivity index (χ2n) is 2.79. The molecule has 2 nitrogen and oxygen atoms in total. The van der Waals surface area contributed by atoms with Crippen LogP contribution >= 0.6 is 11.8 Å². The zero-order chi connectivity index (χ0) is 7.49. The maximum Gasteiger partial charge on any atom is 1.00 e. The molecule has 0 rings (SSSR count). The van der Waals surface area contributed by atoms with Gasteiger partial charge in [-0.15, -0.1) is 11.8 Å². The van der Waals surface area contributed by atoms with Gasteiger partial charge in [-0.25, -0.2) is 0 Å². The van der Waals surface area contributed by atoms with Crippen LogP contribution in [0.5, 0.6) is 0 Å². The smallest absolute Gasteiger partial charge is 0.481 e. The Morgan fingerprint density at radius 3 is 2.22 bits per heavy atom. The summed E-state index contributed by atoms with van der Waals surface area (Å²) in [5, 5.41) is 8.26. The lowest BCUT2D eigenvalue weighted by Crippen LogP contribution is -2.12. The van der Waals surface area contributed by atoms with E-state index in [9.17, 15) is 4.79 Å². The Balaban J connectivity index is 0. The van der Waals surface area contributed by atoms with Gasteiger partial charge in [0, 0.05) is 4.75 Å². The Morgan fingerprint density at radius 1 is 1.67 bits per heavy atom. The van der Waals surface area contributed by atoms with E-state index in [-0.39, 0.29) is 11.9 Å². The van der Waals surface area contributed by atoms with E-state index in [1.807, 2.05) is 20.8 Å². The van der Waals surface area contributed by atoms with Crippen LogP contribution in [-0.2, 0) is 4.79 Å². The molecule has 54 valence electrons. The minimum absolute atomic E-state index is 0. The number of rotatable bonds is 2. The first kappa shape index (κ1) is 8.82. The number of thioether (sulfide) groups is 1. The molecule has 0 aliphatic carbocycles. The maximum absolute atomic E-state index is 10.0. The summed E-state index contributed by atoms with van der Waals surface area (Å²) in [6.45, 7) is 6.00. The summed E-state index contributed by atoms with van der Waals surface area (Å²) >= 11 is 1.44. The summed E-state index contributed by atoms with van der Waals surface area (Å²) in [6, 6.07) is 0. The molecule has 3 heteroatoms. The molecule has 0 unspecified atom stereocenters. The zero-order valence-corrected chi connectivity index (χ0v) is 6.79. The van der Waals surface area contributed by atoms with E-state index >= 15 is 0 Å². The van der Waals surface area contributed by atoms with E-state index < -0.39 is 5.97 Å². The zero-order valence-electron chi connectivity index (χ0n) is 6.97. The molecule has 0 aliphatic rings. The predicted octanol–water partition coefficient (Wildman–Crippen LogP) is 1.72. The van der Waals surface area contributed by atoms with Crippen LogP contribution in [0, 0.1) is 0 Å². The standard InChI is InChI=1S/C6H12O2S/c1-6(2,3)9-4-5(7)8/h4H2,1-3H3,(H,7,8)/p+1. The molecule has 0 spiro atoms. The topological polar surface area (TPSA) is 37.3 Å². The molecule has 0 aliphatic heterocycles. The lowest BCUT2D eigenvalue weighted by atomic mass is 10.3. The number of hydrogen-bond acceptors (Lipinski definition) is 2. The Kier molecular flexibility index (Phi) is 3.04. The fraction of sp³-hybridized carbons (Fsp3) is 0.833. The second kappa shape index (κ2) is 3.11. The summed E-state index contributed by atoms with van der Waals surface area (Å²) in [6.07, 6.45) is 0. The quantitative estimate of drug-likeness (QED) is 0.649. The number of hydrogen-bond donors (Lipinski definition) is 1. The first-order valence-corrected chi connectivity index (χ1v) is 3.76. The number of carboxylic acid groups (broad SMARTS) is 1. The van der Waals surface area contributed by atoms with Crippen molar-refractivity contribution in [3.63, 3.8) is 0 Å². The minimum Gasteiger partial charge on any atom is -0.481 e. The normalized spacial score (nSPS) is 11.4. The molecular formula is C6H13O2S+. The van der Waals surface area contributed by atoms with Crippen LogP contribution in [-0.4, -0.2) is 21.6 Å². The molecular weight excluding hydrogens is 136 g/mol. The third kappa shape index (κ3) is 7.82. The van der Waals surface area contributed by atoms with Crippen LogP contribution in [0.4, 0.5) is 0 Å². The fourth-order valence-corrected chi connectivity index (χ4v) is 0.835. The molecule has 0 saturated heterocycles. The number of carbonyl (C=O) groups is 1. The largest absolute Gasteiger partial charge is 1.00 e. The molecule has 0 radical (unpaired) electrons. The molecule has 1 N–H and O–H groups in total. The minimum atomic E-state index is -0.741. The molecule has 9 heavy (non-hydrogen) atoms. The Bertz CT molecular complexity index is 109. The van der Waals surface area contributed by atoms with Gasteiger partial charge in [0.05, 0.1) is 5.75 Å². The Labute approximate surface area is 61.1 Å². The summed E-state index contributed by atoms with van der Waals surface area (Å²) in [5.41, 5.74) is 0. The fourth-order valence-electron chi connectivity index (χ4n) is 0.278. The third-order valence-corrected chi connectivity index (χ3v) is 1.89. The maximum atomic E-state index is 10.0. The average molecular weight is 149 g/mol. The molecule has 0 atom stereocenters. The van der Waals surface area contributed by atoms with Gasteiger partial charge in [-0.1, -0.05) is 20.8 Å². The monoisotopic (exact) mass is 149 g/mol. The highest BCUT2D eigenvalue weighted by molar-refractivity contribution is 8.01. The summed E-state index contributed by atoms with van der Waals surface area (Å²) in [7, 11) is 0. The highest BCUT2D eigenvalue weighted by Crippen LogP contribution is 2.22. The van der Waals surface area contributed by atoms with Gasteiger partial charge >= 0.3 is 7.40 Å². The van der Waals surface area contributed by atoms with Crippen molar-refractivity contribution < 1.29 is 11.3 Å². The van der Waals surface area contributed by atoms with Gasteiger partial charge in [0.15, 0.2) is 0 Å². The van der Waals surface area contributed by atoms with Gasteiger partial charge in [-0.2, -0.15) is 0 Å². The van der Waals surface area contributed by atoms with Crippen molar-refractivity contribution in [1.29, 1.82) is 0 Å². The molecule has 0 amide bonds. The summed E-state index contributed by atoms with van der Waals surface area (Å²) < 4.78 is 0.0678. The van der Waals surface area contributed by atoms with Crippen molar-refractivity contribution in [3.05, 3.63) is 0 Å². The van der Waals surface area contributed by atoms with Crippen LogP contribution in [0.15, 0.2) is 0 Å². The van der Waals surface area contributed by atoms with Crippen LogP contribution in [0.3, 0.4) is 0 Å². The molecule has 0 heterocycles. The second-order valence-corrected chi connectivity index (χ2v) is 4.60. The van der Waals surface area contributed by atoms with Crippen LogP contribution in [0.1, 0.15) is 22.2 Å². The molecule has 0 aromatic heterocycles. The first-order chi connectivity index (χ1) is 3.92. The lowest BCUT2D eigenvalue weighted by Gasteiger charge is -2.15. The highest BCUT2D eigenvalue weighted by Gasteiger charge is 2.11. The van der Waals surface area contributed by atoms with Gasteiger partial charge in [-0.05, 0) is 0 Å². The molecule has 0 aromatic rings. The van der Waals surface area contributed by atoms with Crippen molar-refractivity contribution in [2.75, 3.05) is 5.75 Å². The van der Waals surface area contributed by atoms with Crippen molar-refractivity contribution in [3.8, 4) is 0 Å². The third-order valence-electron chi connectivity index (χ3n) is 0.629. The van der Waals surface area contributed by atoms with Gasteiger partial charge in [0.2, 0.25) is 0 Å². The first-order valence-electron chi connectivity index (χ1n) is 2.77. The predicted molar refractivity (Wildman–Crippen MR) is 41.0 cm³/mol. The molecule has 0 bridgehead atoms. The lowest BCUT2D eigenvalue weighted by molar-refractivity contribution is -0.133. The molecule has 0 fully saturated rings. The van der Waals surface area contributed by atoms with Crippen LogP contribution < -0.4 is 0 Å². The van der Waals surface area contributed by atoms with Gasteiger partial charge in [0.1, 0.15) is 0 Å². The highest BCUT2D eigenvalue weighted by atomic mass is 32.2. The van der Waals surface area contributed by atoms with Gasteiger partial charge in [-0.3, -0.25) is 4.79 Å². The van der Waals surface area contributed by atoms with Crippen molar-refractivity contribution in [1.82, 2.24) is 0 Å². The van der Waals surface area contributed by atoms with E-state index in [1.54, 1.807) is 0 Å². The van der Waals surface area contributed by atoms with E-state index in [2.05, 4.69) is 0 Å². The summed E-state index contributed by atoms with van der Waals surface area (Å²) in [4.78, 5) is 10.0. The number of carboxylic acids is 1. The molecule has 0 aromatic carbocycles. The van der Waals surface area contributed by atoms with Gasteiger partial charge in [0.25, 0.3) is 0 Å². The van der Waals surface area contributed by atoms with E-state index in [0.717, 1.165) is 0 Å². The van der Waals surface area contributed by atoms with E-state index in [0.29, 0.717) is 0 Å². The van der Waals surface area contributed by atoms with Crippen molar-refractivity contribution in [2.24, 2.45) is 0 Å². The summed E-state index contributed by atoms with van der Waals surface area (Å²) in [5.74, 6) is -0.543. The molecule has 0 saturated carbocycles. The number of aliphatic carboxylic acids is 1. The van der Waals surface area contributed by atoms with Crippen LogP contribution in [0.25, 0.3) is 0 Å². The van der Waals surface area contributed by atoms with Crippen LogP contribution in [0.2, 0.25) is 0 Å². The Hall–Kier alpha value is -0.180. The SMILES string of the molecule is CC(C)(C)SCC(=O)O.[H+]. The van der Waals surface area contributed by atoms with E-state index in [4.69, 9.17) is 5.11 Å². The van der Waals surface area contributed by atoms with Crippen molar-refractivity contribution in [2.45, 2.75) is 25.5 Å². The van der Waals surface area contributed by atoms with Crippen molar-refractivity contribution >= 4 is 17.7 Å². The average Bonchev–Trinajstić information content (AvgIpc) is 1.59.